The van der Waals surface area contributed by atoms with Gasteiger partial charge in [-0.15, -0.1) is 0 Å². The first-order chi connectivity index (χ1) is 6.52. The molecule has 0 aliphatic heterocycles. The van der Waals surface area contributed by atoms with E-state index in [-0.39, 0.29) is 5.57 Å². The number of alkyl halides is 2. The molecule has 1 rings (SSSR count). The molecule has 0 saturated carbocycles. The number of hydrogen-bond acceptors (Lipinski definition) is 0. The highest BCUT2D eigenvalue weighted by Crippen LogP contribution is 2.25. The van der Waals surface area contributed by atoms with E-state index in [0.717, 1.165) is 11.1 Å². The van der Waals surface area contributed by atoms with Gasteiger partial charge in [-0.25, -0.2) is 8.78 Å². The van der Waals surface area contributed by atoms with Crippen LogP contribution in [0.5, 0.6) is 0 Å². The maximum Gasteiger partial charge on any atom is 0.260 e. The Morgan fingerprint density at radius 2 is 1.79 bits per heavy atom. The Balaban J connectivity index is 3.06. The molecular formula is C12H16F2. The molecular weight excluding hydrogens is 182 g/mol. The second-order valence-corrected chi connectivity index (χ2v) is 3.76. The lowest BCUT2D eigenvalue weighted by Gasteiger charge is -2.13. The van der Waals surface area contributed by atoms with E-state index in [2.05, 4.69) is 0 Å². The molecule has 1 aliphatic rings. The van der Waals surface area contributed by atoms with E-state index < -0.39 is 6.43 Å². The van der Waals surface area contributed by atoms with E-state index in [1.165, 1.54) is 5.57 Å². The van der Waals surface area contributed by atoms with Crippen LogP contribution in [0.2, 0.25) is 0 Å². The van der Waals surface area contributed by atoms with Crippen molar-refractivity contribution in [2.75, 3.05) is 0 Å². The van der Waals surface area contributed by atoms with Crippen LogP contribution in [0, 0.1) is 0 Å². The van der Waals surface area contributed by atoms with Gasteiger partial charge in [0.25, 0.3) is 6.43 Å². The van der Waals surface area contributed by atoms with Crippen molar-refractivity contribution in [3.05, 3.63) is 34.4 Å². The lowest BCUT2D eigenvalue weighted by molar-refractivity contribution is 0.184. The first-order valence-electron chi connectivity index (χ1n) is 4.85. The van der Waals surface area contributed by atoms with Gasteiger partial charge >= 0.3 is 0 Å². The fraction of sp³-hybridized carbons (Fsp3) is 0.500. The molecule has 0 fully saturated rings. The SMILES string of the molecule is CC1=C/CC/C(C(F)F)=C(C)/C=C\1C. The highest BCUT2D eigenvalue weighted by molar-refractivity contribution is 5.38. The molecule has 1 aliphatic carbocycles. The highest BCUT2D eigenvalue weighted by atomic mass is 19.3. The first kappa shape index (κ1) is 11.2. The van der Waals surface area contributed by atoms with Gasteiger partial charge in [0.1, 0.15) is 0 Å². The molecule has 0 heterocycles. The van der Waals surface area contributed by atoms with Crippen LogP contribution in [0.1, 0.15) is 33.6 Å². The zero-order valence-electron chi connectivity index (χ0n) is 8.90. The summed E-state index contributed by atoms with van der Waals surface area (Å²) in [4.78, 5) is 0. The van der Waals surface area contributed by atoms with Crippen molar-refractivity contribution in [2.24, 2.45) is 0 Å². The van der Waals surface area contributed by atoms with Gasteiger partial charge < -0.3 is 0 Å². The number of rotatable bonds is 1. The summed E-state index contributed by atoms with van der Waals surface area (Å²) in [5, 5.41) is 0. The van der Waals surface area contributed by atoms with Crippen molar-refractivity contribution in [1.82, 2.24) is 0 Å². The Morgan fingerprint density at radius 1 is 1.14 bits per heavy atom. The fourth-order valence-electron chi connectivity index (χ4n) is 1.61. The molecule has 14 heavy (non-hydrogen) atoms. The van der Waals surface area contributed by atoms with Crippen LogP contribution in [0.15, 0.2) is 34.4 Å². The van der Waals surface area contributed by atoms with Crippen molar-refractivity contribution in [2.45, 2.75) is 40.0 Å². The minimum atomic E-state index is -2.31. The summed E-state index contributed by atoms with van der Waals surface area (Å²) in [7, 11) is 0. The molecule has 2 heteroatoms. The Hall–Kier alpha value is -0.920. The average molecular weight is 198 g/mol. The van der Waals surface area contributed by atoms with Gasteiger partial charge in [-0.1, -0.05) is 17.7 Å². The topological polar surface area (TPSA) is 0 Å². The Bertz CT molecular complexity index is 306. The minimum Gasteiger partial charge on any atom is -0.205 e. The van der Waals surface area contributed by atoms with Crippen molar-refractivity contribution < 1.29 is 8.78 Å². The predicted molar refractivity (Wildman–Crippen MR) is 55.5 cm³/mol. The van der Waals surface area contributed by atoms with E-state index in [9.17, 15) is 8.78 Å². The predicted octanol–water partition coefficient (Wildman–Crippen LogP) is 4.25. The summed E-state index contributed by atoms with van der Waals surface area (Å²) in [5.41, 5.74) is 3.29. The third-order valence-corrected chi connectivity index (χ3v) is 2.69. The summed E-state index contributed by atoms with van der Waals surface area (Å²) < 4.78 is 25.2. The first-order valence-corrected chi connectivity index (χ1v) is 4.85. The Labute approximate surface area is 84.0 Å². The lowest BCUT2D eigenvalue weighted by Crippen LogP contribution is -2.01. The lowest BCUT2D eigenvalue weighted by atomic mass is 9.96. The van der Waals surface area contributed by atoms with E-state index in [0.29, 0.717) is 12.8 Å². The van der Waals surface area contributed by atoms with E-state index in [1.807, 2.05) is 26.0 Å². The third kappa shape index (κ3) is 2.53. The van der Waals surface area contributed by atoms with E-state index >= 15 is 0 Å². The standard InChI is InChI=1S/C12H16F2/c1-8-5-4-6-11(12(13)14)10(3)7-9(8)2/h5,7,12H,4,6H2,1-3H3/b8-5-,9-7-,11-10-. The molecule has 0 atom stereocenters. The quantitative estimate of drug-likeness (QED) is 0.590. The minimum absolute atomic E-state index is 0.285. The third-order valence-electron chi connectivity index (χ3n) is 2.69. The van der Waals surface area contributed by atoms with Crippen LogP contribution in [-0.2, 0) is 0 Å². The van der Waals surface area contributed by atoms with Gasteiger partial charge in [0, 0.05) is 0 Å². The fourth-order valence-corrected chi connectivity index (χ4v) is 1.61. The maximum atomic E-state index is 12.6. The zero-order valence-corrected chi connectivity index (χ0v) is 8.90. The Morgan fingerprint density at radius 3 is 2.36 bits per heavy atom. The zero-order chi connectivity index (χ0) is 10.7. The van der Waals surface area contributed by atoms with Crippen LogP contribution >= 0.6 is 0 Å². The number of hydrogen-bond donors (Lipinski definition) is 0. The molecule has 0 aromatic carbocycles. The molecule has 0 radical (unpaired) electrons. The monoisotopic (exact) mass is 198 g/mol. The molecule has 0 bridgehead atoms. The highest BCUT2D eigenvalue weighted by Gasteiger charge is 2.14. The summed E-state index contributed by atoms with van der Waals surface area (Å²) in [6.45, 7) is 5.75. The van der Waals surface area contributed by atoms with Crippen LogP contribution in [0.4, 0.5) is 8.78 Å². The van der Waals surface area contributed by atoms with Crippen LogP contribution in [0.25, 0.3) is 0 Å². The molecule has 0 N–H and O–H groups in total. The maximum absolute atomic E-state index is 12.6. The smallest absolute Gasteiger partial charge is 0.205 e. The van der Waals surface area contributed by atoms with Gasteiger partial charge in [0.2, 0.25) is 0 Å². The van der Waals surface area contributed by atoms with E-state index in [4.69, 9.17) is 0 Å². The second-order valence-electron chi connectivity index (χ2n) is 3.76. The van der Waals surface area contributed by atoms with Gasteiger partial charge in [-0.3, -0.25) is 0 Å². The largest absolute Gasteiger partial charge is 0.260 e. The van der Waals surface area contributed by atoms with Crippen LogP contribution in [0.3, 0.4) is 0 Å². The average Bonchev–Trinajstić information content (AvgIpc) is 2.09. The molecule has 0 nitrogen and oxygen atoms in total. The molecule has 0 amide bonds. The molecule has 0 aromatic heterocycles. The van der Waals surface area contributed by atoms with Gasteiger partial charge in [0.15, 0.2) is 0 Å². The van der Waals surface area contributed by atoms with E-state index in [1.54, 1.807) is 6.92 Å². The van der Waals surface area contributed by atoms with Gasteiger partial charge in [-0.05, 0) is 50.3 Å². The summed E-state index contributed by atoms with van der Waals surface area (Å²) in [6.07, 6.45) is 2.76. The second kappa shape index (κ2) is 4.54. The van der Waals surface area contributed by atoms with Gasteiger partial charge in [-0.2, -0.15) is 0 Å². The van der Waals surface area contributed by atoms with Crippen molar-refractivity contribution >= 4 is 0 Å². The summed E-state index contributed by atoms with van der Waals surface area (Å²) in [5.74, 6) is 0. The molecule has 0 unspecified atom stereocenters. The molecule has 78 valence electrons. The number of allylic oxidation sites excluding steroid dienone is 6. The van der Waals surface area contributed by atoms with Crippen molar-refractivity contribution in [3.8, 4) is 0 Å². The van der Waals surface area contributed by atoms with Crippen LogP contribution in [-0.4, -0.2) is 6.43 Å². The Kier molecular flexibility index (Phi) is 3.62. The molecule has 0 aromatic rings. The summed E-state index contributed by atoms with van der Waals surface area (Å²) in [6, 6.07) is 0. The summed E-state index contributed by atoms with van der Waals surface area (Å²) >= 11 is 0. The van der Waals surface area contributed by atoms with Crippen LogP contribution < -0.4 is 0 Å². The van der Waals surface area contributed by atoms with Gasteiger partial charge in [0.05, 0.1) is 0 Å². The van der Waals surface area contributed by atoms with Crippen molar-refractivity contribution in [3.63, 3.8) is 0 Å². The number of halogens is 2. The van der Waals surface area contributed by atoms with Crippen molar-refractivity contribution in [1.29, 1.82) is 0 Å². The molecule has 0 spiro atoms. The molecule has 0 saturated heterocycles. The normalized spacial score (nSPS) is 31.6.